The van der Waals surface area contributed by atoms with E-state index in [1.165, 1.54) is 0 Å². The molecule has 1 unspecified atom stereocenters. The van der Waals surface area contributed by atoms with Crippen LogP contribution in [0.1, 0.15) is 46.1 Å². The Hall–Kier alpha value is -2.02. The minimum Gasteiger partial charge on any atom is -0.494 e. The van der Waals surface area contributed by atoms with Crippen LogP contribution in [0.25, 0.3) is 0 Å². The highest BCUT2D eigenvalue weighted by Crippen LogP contribution is 2.16. The van der Waals surface area contributed by atoms with Crippen LogP contribution in [0.5, 0.6) is 5.75 Å². The Balaban J connectivity index is 2.56. The molecule has 0 aliphatic rings. The van der Waals surface area contributed by atoms with Crippen molar-refractivity contribution in [3.63, 3.8) is 0 Å². The molecular formula is C18H26N2O2. The first-order valence-electron chi connectivity index (χ1n) is 7.85. The van der Waals surface area contributed by atoms with Gasteiger partial charge in [-0.2, -0.15) is 5.26 Å². The first-order chi connectivity index (χ1) is 10.4. The lowest BCUT2D eigenvalue weighted by Gasteiger charge is -2.27. The molecule has 0 aliphatic heterocycles. The fourth-order valence-corrected chi connectivity index (χ4v) is 1.86. The van der Waals surface area contributed by atoms with Crippen molar-refractivity contribution in [2.24, 2.45) is 5.92 Å². The largest absolute Gasteiger partial charge is 0.494 e. The molecule has 0 fully saturated rings. The first-order valence-corrected chi connectivity index (χ1v) is 7.85. The molecule has 0 saturated carbocycles. The van der Waals surface area contributed by atoms with Crippen molar-refractivity contribution in [3.05, 3.63) is 29.8 Å². The topological polar surface area (TPSA) is 62.1 Å². The van der Waals surface area contributed by atoms with Gasteiger partial charge in [-0.25, -0.2) is 0 Å². The number of carbonyl (C=O) groups excluding carboxylic acids is 1. The lowest BCUT2D eigenvalue weighted by atomic mass is 9.90. The van der Waals surface area contributed by atoms with Crippen LogP contribution in [0.4, 0.5) is 0 Å². The van der Waals surface area contributed by atoms with Crippen molar-refractivity contribution in [2.45, 2.75) is 52.5 Å². The quantitative estimate of drug-likeness (QED) is 0.748. The third-order valence-corrected chi connectivity index (χ3v) is 3.84. The van der Waals surface area contributed by atoms with Gasteiger partial charge in [0, 0.05) is 0 Å². The van der Waals surface area contributed by atoms with Gasteiger partial charge in [-0.15, -0.1) is 0 Å². The Morgan fingerprint density at radius 1 is 1.36 bits per heavy atom. The summed E-state index contributed by atoms with van der Waals surface area (Å²) in [4.78, 5) is 12.1. The predicted molar refractivity (Wildman–Crippen MR) is 87.5 cm³/mol. The van der Waals surface area contributed by atoms with Crippen LogP contribution in [0.15, 0.2) is 24.3 Å². The highest BCUT2D eigenvalue weighted by Gasteiger charge is 2.29. The summed E-state index contributed by atoms with van der Waals surface area (Å²) in [5.74, 6) is 0.731. The van der Waals surface area contributed by atoms with Crippen molar-refractivity contribution in [1.82, 2.24) is 5.32 Å². The number of amides is 1. The van der Waals surface area contributed by atoms with Crippen LogP contribution in [0.3, 0.4) is 0 Å². The zero-order chi connectivity index (χ0) is 16.6. The third kappa shape index (κ3) is 5.40. The van der Waals surface area contributed by atoms with Gasteiger partial charge >= 0.3 is 0 Å². The highest BCUT2D eigenvalue weighted by molar-refractivity contribution is 5.79. The van der Waals surface area contributed by atoms with Gasteiger partial charge in [0.2, 0.25) is 5.91 Å². The number of rotatable bonds is 8. The van der Waals surface area contributed by atoms with Crippen LogP contribution in [0.2, 0.25) is 0 Å². The highest BCUT2D eigenvalue weighted by atomic mass is 16.5. The summed E-state index contributed by atoms with van der Waals surface area (Å²) in [5.41, 5.74) is 0.0738. The average Bonchev–Trinajstić information content (AvgIpc) is 2.49. The number of nitrogens with one attached hydrogen (secondary N) is 1. The summed E-state index contributed by atoms with van der Waals surface area (Å²) in [5, 5.41) is 12.0. The van der Waals surface area contributed by atoms with E-state index in [4.69, 9.17) is 4.74 Å². The van der Waals surface area contributed by atoms with E-state index in [-0.39, 0.29) is 18.2 Å². The molecule has 0 bridgehead atoms. The summed E-state index contributed by atoms with van der Waals surface area (Å²) >= 11 is 0. The summed E-state index contributed by atoms with van der Waals surface area (Å²) < 4.78 is 5.59. The Labute approximate surface area is 133 Å². The van der Waals surface area contributed by atoms with E-state index in [1.807, 2.05) is 38.1 Å². The molecule has 1 atom stereocenters. The number of ether oxygens (including phenoxy) is 1. The third-order valence-electron chi connectivity index (χ3n) is 3.84. The summed E-state index contributed by atoms with van der Waals surface area (Å²) in [6, 6.07) is 9.72. The predicted octanol–water partition coefficient (Wildman–Crippen LogP) is 3.46. The normalized spacial score (nSPS) is 13.3. The Morgan fingerprint density at radius 3 is 2.50 bits per heavy atom. The smallest absolute Gasteiger partial charge is 0.225 e. The molecule has 120 valence electrons. The number of carbonyl (C=O) groups is 1. The minimum absolute atomic E-state index is 0.0517. The maximum absolute atomic E-state index is 12.1. The number of benzene rings is 1. The standard InChI is InChI=1S/C18H26N2O2/c1-5-6-11-22-16-9-7-15(8-10-16)12-17(21)20-18(4,13-19)14(2)3/h7-10,14H,5-6,11-12H2,1-4H3,(H,20,21). The molecule has 0 spiro atoms. The van der Waals surface area contributed by atoms with Crippen molar-refractivity contribution >= 4 is 5.91 Å². The molecule has 4 nitrogen and oxygen atoms in total. The van der Waals surface area contributed by atoms with E-state index in [1.54, 1.807) is 6.92 Å². The summed E-state index contributed by atoms with van der Waals surface area (Å²) in [7, 11) is 0. The fraction of sp³-hybridized carbons (Fsp3) is 0.556. The van der Waals surface area contributed by atoms with E-state index in [0.717, 1.165) is 24.2 Å². The monoisotopic (exact) mass is 302 g/mol. The lowest BCUT2D eigenvalue weighted by Crippen LogP contribution is -2.49. The Morgan fingerprint density at radius 2 is 2.00 bits per heavy atom. The number of nitrogens with zero attached hydrogens (tertiary/aromatic N) is 1. The molecule has 0 aromatic heterocycles. The number of hydrogen-bond donors (Lipinski definition) is 1. The molecule has 1 rings (SSSR count). The SMILES string of the molecule is CCCCOc1ccc(CC(=O)NC(C)(C#N)C(C)C)cc1. The van der Waals surface area contributed by atoms with Gasteiger partial charge in [0.25, 0.3) is 0 Å². The summed E-state index contributed by atoms with van der Waals surface area (Å²) in [6.07, 6.45) is 2.40. The molecule has 1 aromatic carbocycles. The van der Waals surface area contributed by atoms with Gasteiger partial charge in [0.15, 0.2) is 0 Å². The molecule has 1 aromatic rings. The zero-order valence-corrected chi connectivity index (χ0v) is 14.0. The molecule has 22 heavy (non-hydrogen) atoms. The van der Waals surface area contributed by atoms with E-state index in [9.17, 15) is 10.1 Å². The minimum atomic E-state index is -0.833. The Kier molecular flexibility index (Phi) is 6.91. The van der Waals surface area contributed by atoms with E-state index < -0.39 is 5.54 Å². The van der Waals surface area contributed by atoms with Crippen molar-refractivity contribution < 1.29 is 9.53 Å². The van der Waals surface area contributed by atoms with Gasteiger partial charge in [-0.3, -0.25) is 4.79 Å². The fourth-order valence-electron chi connectivity index (χ4n) is 1.86. The van der Waals surface area contributed by atoms with Crippen LogP contribution in [-0.4, -0.2) is 18.1 Å². The second kappa shape index (κ2) is 8.43. The zero-order valence-electron chi connectivity index (χ0n) is 14.0. The molecule has 1 amide bonds. The molecule has 0 aliphatic carbocycles. The maximum atomic E-state index is 12.1. The lowest BCUT2D eigenvalue weighted by molar-refractivity contribution is -0.122. The maximum Gasteiger partial charge on any atom is 0.225 e. The number of nitriles is 1. The van der Waals surface area contributed by atoms with Crippen LogP contribution < -0.4 is 10.1 Å². The van der Waals surface area contributed by atoms with Crippen LogP contribution in [0, 0.1) is 17.2 Å². The molecule has 0 saturated heterocycles. The van der Waals surface area contributed by atoms with Crippen molar-refractivity contribution in [2.75, 3.05) is 6.61 Å². The van der Waals surface area contributed by atoms with Crippen LogP contribution >= 0.6 is 0 Å². The van der Waals surface area contributed by atoms with E-state index in [0.29, 0.717) is 6.61 Å². The van der Waals surface area contributed by atoms with Crippen molar-refractivity contribution in [3.8, 4) is 11.8 Å². The van der Waals surface area contributed by atoms with E-state index in [2.05, 4.69) is 18.3 Å². The molecule has 1 N–H and O–H groups in total. The van der Waals surface area contributed by atoms with Gasteiger partial charge in [0.05, 0.1) is 19.1 Å². The second-order valence-electron chi connectivity index (χ2n) is 6.04. The van der Waals surface area contributed by atoms with E-state index >= 15 is 0 Å². The molecule has 0 heterocycles. The Bertz CT molecular complexity index is 517. The molecular weight excluding hydrogens is 276 g/mol. The van der Waals surface area contributed by atoms with Crippen LogP contribution in [-0.2, 0) is 11.2 Å². The molecule has 4 heteroatoms. The van der Waals surface area contributed by atoms with Gasteiger partial charge in [-0.1, -0.05) is 39.3 Å². The van der Waals surface area contributed by atoms with Gasteiger partial charge in [0.1, 0.15) is 11.3 Å². The van der Waals surface area contributed by atoms with Gasteiger partial charge < -0.3 is 10.1 Å². The summed E-state index contributed by atoms with van der Waals surface area (Å²) in [6.45, 7) is 8.43. The van der Waals surface area contributed by atoms with Crippen molar-refractivity contribution in [1.29, 1.82) is 5.26 Å². The molecule has 0 radical (unpaired) electrons. The second-order valence-corrected chi connectivity index (χ2v) is 6.04. The number of unbranched alkanes of at least 4 members (excludes halogenated alkanes) is 1. The average molecular weight is 302 g/mol. The first kappa shape index (κ1) is 18.0. The number of hydrogen-bond acceptors (Lipinski definition) is 3. The van der Waals surface area contributed by atoms with Gasteiger partial charge in [-0.05, 0) is 37.0 Å².